The molecule has 5 nitrogen and oxygen atoms in total. The van der Waals surface area contributed by atoms with Gasteiger partial charge in [0.15, 0.2) is 17.7 Å². The van der Waals surface area contributed by atoms with Gasteiger partial charge in [0.05, 0.1) is 12.3 Å². The van der Waals surface area contributed by atoms with Crippen LogP contribution >= 0.6 is 0 Å². The first-order valence-electron chi connectivity index (χ1n) is 8.86. The van der Waals surface area contributed by atoms with Gasteiger partial charge in [-0.05, 0) is 49.7 Å². The van der Waals surface area contributed by atoms with Gasteiger partial charge < -0.3 is 14.8 Å². The fourth-order valence-corrected chi connectivity index (χ4v) is 2.76. The van der Waals surface area contributed by atoms with Crippen LogP contribution < -0.4 is 14.8 Å². The Morgan fingerprint density at radius 2 is 1.93 bits per heavy atom. The molecule has 27 heavy (non-hydrogen) atoms. The summed E-state index contributed by atoms with van der Waals surface area (Å²) in [6.07, 6.45) is 1.25. The summed E-state index contributed by atoms with van der Waals surface area (Å²) in [6, 6.07) is 13.2. The fourth-order valence-electron chi connectivity index (χ4n) is 2.76. The minimum absolute atomic E-state index is 0.0534. The maximum atomic E-state index is 13.8. The number of nitrogens with zero attached hydrogens (tertiary/aromatic N) is 1. The number of amides is 1. The van der Waals surface area contributed by atoms with Crippen molar-refractivity contribution in [2.24, 2.45) is 0 Å². The lowest BCUT2D eigenvalue weighted by Gasteiger charge is -2.18. The van der Waals surface area contributed by atoms with E-state index in [1.807, 2.05) is 19.9 Å². The lowest BCUT2D eigenvalue weighted by Crippen LogP contribution is -2.32. The van der Waals surface area contributed by atoms with Crippen molar-refractivity contribution in [3.05, 3.63) is 60.5 Å². The summed E-state index contributed by atoms with van der Waals surface area (Å²) in [5.41, 5.74) is 1.27. The third-order valence-electron chi connectivity index (χ3n) is 4.06. The van der Waals surface area contributed by atoms with Crippen molar-refractivity contribution >= 4 is 22.5 Å². The fraction of sp³-hybridized carbons (Fsp3) is 0.238. The second kappa shape index (κ2) is 8.49. The number of anilines is 1. The molecule has 0 saturated carbocycles. The van der Waals surface area contributed by atoms with Crippen molar-refractivity contribution in [2.45, 2.75) is 26.4 Å². The summed E-state index contributed by atoms with van der Waals surface area (Å²) in [4.78, 5) is 17.1. The molecule has 3 rings (SSSR count). The Bertz CT molecular complexity index is 946. The zero-order valence-electron chi connectivity index (χ0n) is 15.2. The van der Waals surface area contributed by atoms with Gasteiger partial charge in [0.1, 0.15) is 11.3 Å². The molecule has 140 valence electrons. The number of ether oxygens (including phenoxy) is 2. The van der Waals surface area contributed by atoms with Crippen molar-refractivity contribution < 1.29 is 18.7 Å². The number of carbonyl (C=O) groups excluding carboxylic acids is 1. The first kappa shape index (κ1) is 18.6. The average Bonchev–Trinajstić information content (AvgIpc) is 2.69. The second-order valence-corrected chi connectivity index (χ2v) is 5.88. The predicted molar refractivity (Wildman–Crippen MR) is 103 cm³/mol. The van der Waals surface area contributed by atoms with Gasteiger partial charge in [-0.3, -0.25) is 9.78 Å². The highest BCUT2D eigenvalue weighted by atomic mass is 19.1. The quantitative estimate of drug-likeness (QED) is 0.664. The molecule has 0 aliphatic heterocycles. The molecule has 0 aliphatic carbocycles. The summed E-state index contributed by atoms with van der Waals surface area (Å²) in [7, 11) is 0. The van der Waals surface area contributed by atoms with E-state index in [0.29, 0.717) is 30.0 Å². The monoisotopic (exact) mass is 368 g/mol. The van der Waals surface area contributed by atoms with Gasteiger partial charge in [-0.2, -0.15) is 0 Å². The smallest absolute Gasteiger partial charge is 0.265 e. The van der Waals surface area contributed by atoms with E-state index < -0.39 is 11.9 Å². The molecule has 1 N–H and O–H groups in total. The minimum atomic E-state index is -0.819. The lowest BCUT2D eigenvalue weighted by molar-refractivity contribution is -0.122. The lowest BCUT2D eigenvalue weighted by atomic mass is 10.1. The Labute approximate surface area is 157 Å². The van der Waals surface area contributed by atoms with Crippen LogP contribution in [0.3, 0.4) is 0 Å². The molecule has 0 saturated heterocycles. The summed E-state index contributed by atoms with van der Waals surface area (Å²) in [6.45, 7) is 4.23. The normalized spacial score (nSPS) is 11.8. The molecule has 0 radical (unpaired) electrons. The summed E-state index contributed by atoms with van der Waals surface area (Å²) in [5.74, 6) is -0.145. The van der Waals surface area contributed by atoms with Gasteiger partial charge in [0, 0.05) is 11.6 Å². The standard InChI is InChI=1S/C21H21FN2O3/c1-3-17(27-18-10-6-5-9-15(18)22)21(25)24-16-11-12-19(26-4-2)20-14(16)8-7-13-23-20/h5-13,17H,3-4H2,1-2H3,(H,24,25)/t17-/m0/s1. The number of aromatic nitrogens is 1. The molecule has 0 aliphatic rings. The Balaban J connectivity index is 1.84. The van der Waals surface area contributed by atoms with Crippen LogP contribution in [0.5, 0.6) is 11.5 Å². The molecule has 0 fully saturated rings. The number of hydrogen-bond donors (Lipinski definition) is 1. The van der Waals surface area contributed by atoms with Crippen LogP contribution in [0.15, 0.2) is 54.7 Å². The number of pyridine rings is 1. The van der Waals surface area contributed by atoms with E-state index in [-0.39, 0.29) is 11.7 Å². The molecule has 6 heteroatoms. The molecule has 1 heterocycles. The first-order chi connectivity index (χ1) is 13.1. The highest BCUT2D eigenvalue weighted by Crippen LogP contribution is 2.30. The second-order valence-electron chi connectivity index (χ2n) is 5.88. The first-order valence-corrected chi connectivity index (χ1v) is 8.86. The number of fused-ring (bicyclic) bond motifs is 1. The van der Waals surface area contributed by atoms with Crippen LogP contribution in [0, 0.1) is 5.82 Å². The number of hydrogen-bond acceptors (Lipinski definition) is 4. The van der Waals surface area contributed by atoms with Crippen LogP contribution in [0.25, 0.3) is 10.9 Å². The Morgan fingerprint density at radius 1 is 1.11 bits per heavy atom. The number of rotatable bonds is 7. The Kier molecular flexibility index (Phi) is 5.86. The maximum absolute atomic E-state index is 13.8. The zero-order chi connectivity index (χ0) is 19.2. The highest BCUT2D eigenvalue weighted by molar-refractivity contribution is 6.04. The van der Waals surface area contributed by atoms with Crippen molar-refractivity contribution in [3.63, 3.8) is 0 Å². The van der Waals surface area contributed by atoms with Crippen LogP contribution in [0.1, 0.15) is 20.3 Å². The van der Waals surface area contributed by atoms with Gasteiger partial charge in [0.2, 0.25) is 0 Å². The highest BCUT2D eigenvalue weighted by Gasteiger charge is 2.21. The number of nitrogens with one attached hydrogen (secondary N) is 1. The maximum Gasteiger partial charge on any atom is 0.265 e. The summed E-state index contributed by atoms with van der Waals surface area (Å²) < 4.78 is 25.0. The minimum Gasteiger partial charge on any atom is -0.492 e. The third-order valence-corrected chi connectivity index (χ3v) is 4.06. The molecule has 0 spiro atoms. The molecule has 0 unspecified atom stereocenters. The molecular weight excluding hydrogens is 347 g/mol. The predicted octanol–water partition coefficient (Wildman–Crippen LogP) is 4.57. The van der Waals surface area contributed by atoms with E-state index >= 15 is 0 Å². The van der Waals surface area contributed by atoms with Crippen molar-refractivity contribution in [1.82, 2.24) is 4.98 Å². The summed E-state index contributed by atoms with van der Waals surface area (Å²) >= 11 is 0. The topological polar surface area (TPSA) is 60.5 Å². The van der Waals surface area contributed by atoms with Crippen LogP contribution in [-0.2, 0) is 4.79 Å². The van der Waals surface area contributed by atoms with E-state index in [0.717, 1.165) is 5.39 Å². The largest absolute Gasteiger partial charge is 0.492 e. The van der Waals surface area contributed by atoms with E-state index in [2.05, 4.69) is 10.3 Å². The van der Waals surface area contributed by atoms with E-state index in [9.17, 15) is 9.18 Å². The van der Waals surface area contributed by atoms with Gasteiger partial charge in [-0.25, -0.2) is 4.39 Å². The molecule has 2 aromatic carbocycles. The van der Waals surface area contributed by atoms with Gasteiger partial charge in [-0.1, -0.05) is 19.1 Å². The Hall–Kier alpha value is -3.15. The van der Waals surface area contributed by atoms with Crippen LogP contribution in [0.2, 0.25) is 0 Å². The van der Waals surface area contributed by atoms with Gasteiger partial charge in [0.25, 0.3) is 5.91 Å². The molecule has 1 aromatic heterocycles. The van der Waals surface area contributed by atoms with Crippen molar-refractivity contribution in [1.29, 1.82) is 0 Å². The van der Waals surface area contributed by atoms with E-state index in [4.69, 9.17) is 9.47 Å². The zero-order valence-corrected chi connectivity index (χ0v) is 15.2. The van der Waals surface area contributed by atoms with E-state index in [1.165, 1.54) is 12.1 Å². The van der Waals surface area contributed by atoms with Gasteiger partial charge in [-0.15, -0.1) is 0 Å². The third kappa shape index (κ3) is 4.16. The number of para-hydroxylation sites is 1. The molecule has 1 amide bonds. The number of halogens is 1. The van der Waals surface area contributed by atoms with Crippen LogP contribution in [0.4, 0.5) is 10.1 Å². The molecular formula is C21H21FN2O3. The van der Waals surface area contributed by atoms with Crippen LogP contribution in [-0.4, -0.2) is 23.6 Å². The van der Waals surface area contributed by atoms with E-state index in [1.54, 1.807) is 36.5 Å². The van der Waals surface area contributed by atoms with Crippen molar-refractivity contribution in [3.8, 4) is 11.5 Å². The number of carbonyl (C=O) groups is 1. The SMILES string of the molecule is CCOc1ccc(NC(=O)[C@H](CC)Oc2ccccc2F)c2cccnc12. The summed E-state index contributed by atoms with van der Waals surface area (Å²) in [5, 5.41) is 3.62. The Morgan fingerprint density at radius 3 is 2.67 bits per heavy atom. The molecule has 1 atom stereocenters. The van der Waals surface area contributed by atoms with Crippen molar-refractivity contribution in [2.75, 3.05) is 11.9 Å². The number of benzene rings is 2. The molecule has 0 bridgehead atoms. The molecule has 3 aromatic rings. The average molecular weight is 368 g/mol. The van der Waals surface area contributed by atoms with Gasteiger partial charge >= 0.3 is 0 Å².